The Morgan fingerprint density at radius 2 is 0.605 bits per heavy atom. The SMILES string of the molecule is C1CCOC1.C1CCOC1.CC(C)(C)N1C(c2ccccc2)=[N+](C(C)(C)C)[SiH-]12N(N=C(c1ccccc1)c1ccccc1)[SiH-]1(N(C(C)(C)C)C(c3ccccc3)=[N+]1C(C)(C)C)N2N=C(c1ccccc1)c1ccccc1. The molecule has 6 aromatic rings. The molecule has 0 aromatic heterocycles. The molecule has 0 bridgehead atoms. The second-order valence-electron chi connectivity index (χ2n) is 24.7. The molecule has 3 saturated heterocycles. The predicted molar refractivity (Wildman–Crippen MR) is 319 cm³/mol. The summed E-state index contributed by atoms with van der Waals surface area (Å²) in [6, 6.07) is 65.3. The zero-order valence-electron chi connectivity index (χ0n) is 47.5. The molecule has 0 saturated carbocycles. The van der Waals surface area contributed by atoms with Crippen molar-refractivity contribution in [1.82, 2.24) is 17.8 Å². The van der Waals surface area contributed by atoms with Gasteiger partial charge in [-0.2, -0.15) is 0 Å². The molecule has 5 aliphatic heterocycles. The Balaban J connectivity index is 0.000000633. The standard InChI is InChI=1S/C56H68N8Si2.2C4H8O/c1-53(2,3)59-51(47-39-27-17-28-40-47)60(54(4,5)6)65(59)63(57-49(43-31-19-13-20-32-43)44-33-21-14-22-34-44)66(64(65)58-50(45-35-23-15-24-36-45)46-37-25-16-26-38-46)61(55(7,8)9)52(62(66)56(10,11)12)48-41-29-18-30-42-48;2*1-2-4-5-3-1/h13-42,65-66H,1-12H3;2*1-4H2. The van der Waals surface area contributed by atoms with Crippen LogP contribution >= 0.6 is 0 Å². The van der Waals surface area contributed by atoms with E-state index in [1.165, 1.54) is 48.5 Å². The van der Waals surface area contributed by atoms with Gasteiger partial charge in [0.15, 0.2) is 0 Å². The topological polar surface area (TPSA) is 62.2 Å². The van der Waals surface area contributed by atoms with Gasteiger partial charge in [-0.3, -0.25) is 0 Å². The Kier molecular flexibility index (Phi) is 15.7. The van der Waals surface area contributed by atoms with Crippen molar-refractivity contribution < 1.29 is 18.0 Å². The van der Waals surface area contributed by atoms with Crippen LogP contribution in [0.15, 0.2) is 192 Å². The van der Waals surface area contributed by atoms with Crippen LogP contribution in [0.3, 0.4) is 0 Å². The fourth-order valence-electron chi connectivity index (χ4n) is 12.3. The fraction of sp³-hybridized carbons (Fsp3) is 0.375. The summed E-state index contributed by atoms with van der Waals surface area (Å²) in [6.45, 7) is 32.6. The van der Waals surface area contributed by atoms with E-state index < -0.39 is 17.4 Å². The molecule has 10 nitrogen and oxygen atoms in total. The first-order valence-electron chi connectivity index (χ1n) is 27.8. The van der Waals surface area contributed by atoms with E-state index in [1.54, 1.807) is 0 Å². The van der Waals surface area contributed by atoms with Gasteiger partial charge >= 0.3 is 398 Å². The van der Waals surface area contributed by atoms with Gasteiger partial charge in [0.2, 0.25) is 0 Å². The number of hydrogen-bond donors (Lipinski definition) is 0. The number of hydrazone groups is 2. The van der Waals surface area contributed by atoms with E-state index in [-0.39, 0.29) is 22.2 Å². The number of ether oxygens (including phenoxy) is 2. The first kappa shape index (κ1) is 54.3. The van der Waals surface area contributed by atoms with Crippen LogP contribution < -0.4 is 0 Å². The van der Waals surface area contributed by atoms with Crippen LogP contribution in [0.1, 0.15) is 142 Å². The Bertz CT molecular complexity index is 2710. The molecule has 0 atom stereocenters. The molecule has 400 valence electrons. The minimum absolute atomic E-state index is 0.353. The fourth-order valence-corrected chi connectivity index (χ4v) is 30.5. The van der Waals surface area contributed by atoms with Gasteiger partial charge in [-0.05, 0) is 25.7 Å². The van der Waals surface area contributed by atoms with Crippen molar-refractivity contribution in [2.24, 2.45) is 10.2 Å². The second kappa shape index (κ2) is 21.9. The third-order valence-corrected chi connectivity index (χ3v) is 29.9. The summed E-state index contributed by atoms with van der Waals surface area (Å²) in [5, 5.41) is 12.8. The van der Waals surface area contributed by atoms with Crippen LogP contribution in [0.5, 0.6) is 0 Å². The number of nitrogens with zero attached hydrogens (tertiary/aromatic N) is 8. The van der Waals surface area contributed by atoms with E-state index in [2.05, 4.69) is 291 Å². The monoisotopic (exact) mass is 1050 g/mol. The molecule has 0 N–H and O–H groups in total. The van der Waals surface area contributed by atoms with E-state index in [0.717, 1.165) is 60.1 Å². The van der Waals surface area contributed by atoms with Gasteiger partial charge in [0.05, 0.1) is 0 Å². The molecule has 5 heterocycles. The number of rotatable bonds is 8. The zero-order valence-corrected chi connectivity index (χ0v) is 49.8. The van der Waals surface area contributed by atoms with E-state index in [4.69, 9.17) is 19.7 Å². The van der Waals surface area contributed by atoms with Gasteiger partial charge in [-0.1, -0.05) is 0 Å². The average molecular weight is 1050 g/mol. The molecular weight excluding hydrogens is 969 g/mol. The Morgan fingerprint density at radius 1 is 0.368 bits per heavy atom. The summed E-state index contributed by atoms with van der Waals surface area (Å²) in [7, 11) is -8.12. The molecule has 3 fully saturated rings. The Morgan fingerprint density at radius 3 is 0.803 bits per heavy atom. The van der Waals surface area contributed by atoms with Crippen molar-refractivity contribution in [3.05, 3.63) is 215 Å². The van der Waals surface area contributed by atoms with Gasteiger partial charge < -0.3 is 9.47 Å². The van der Waals surface area contributed by atoms with Crippen LogP contribution in [-0.2, 0) is 9.47 Å². The van der Waals surface area contributed by atoms with E-state index in [9.17, 15) is 0 Å². The molecule has 0 radical (unpaired) electrons. The molecule has 0 amide bonds. The van der Waals surface area contributed by atoms with E-state index >= 15 is 0 Å². The first-order valence-corrected chi connectivity index (χ1v) is 32.0. The van der Waals surface area contributed by atoms with Gasteiger partial charge in [0.1, 0.15) is 0 Å². The number of amidine groups is 2. The summed E-state index contributed by atoms with van der Waals surface area (Å²) in [5.74, 6) is 2.43. The second-order valence-corrected chi connectivity index (χ2v) is 32.8. The maximum absolute atomic E-state index is 6.38. The molecule has 6 aromatic carbocycles. The van der Waals surface area contributed by atoms with Crippen LogP contribution in [-0.4, -0.2) is 115 Å². The van der Waals surface area contributed by atoms with Crippen molar-refractivity contribution in [3.63, 3.8) is 0 Å². The van der Waals surface area contributed by atoms with E-state index in [0.29, 0.717) is 0 Å². The molecule has 0 aliphatic carbocycles. The summed E-state index contributed by atoms with van der Waals surface area (Å²) in [5.41, 5.74) is 7.19. The molecule has 2 spiro atoms. The van der Waals surface area contributed by atoms with Crippen molar-refractivity contribution in [2.75, 3.05) is 26.4 Å². The minimum atomic E-state index is -4.06. The van der Waals surface area contributed by atoms with Gasteiger partial charge in [-0.25, -0.2) is 0 Å². The third-order valence-electron chi connectivity index (χ3n) is 14.9. The van der Waals surface area contributed by atoms with Crippen molar-refractivity contribution in [1.29, 1.82) is 0 Å². The van der Waals surface area contributed by atoms with Crippen molar-refractivity contribution in [2.45, 2.75) is 131 Å². The maximum atomic E-state index is 6.38. The van der Waals surface area contributed by atoms with Gasteiger partial charge in [-0.15, -0.1) is 0 Å². The van der Waals surface area contributed by atoms with Crippen molar-refractivity contribution in [3.8, 4) is 0 Å². The third kappa shape index (κ3) is 10.2. The van der Waals surface area contributed by atoms with Crippen LogP contribution in [0.4, 0.5) is 0 Å². The molecular formula is C64H84N8O2Si2. The predicted octanol–water partition coefficient (Wildman–Crippen LogP) is 12.2. The molecule has 5 aliphatic rings. The summed E-state index contributed by atoms with van der Waals surface area (Å²) in [4.78, 5) is 0. The van der Waals surface area contributed by atoms with E-state index in [1.807, 2.05) is 0 Å². The average Bonchev–Trinajstić information content (AvgIpc) is 4.18. The van der Waals surface area contributed by atoms with Crippen LogP contribution in [0.2, 0.25) is 0 Å². The Hall–Kier alpha value is -6.45. The molecule has 12 heteroatoms. The van der Waals surface area contributed by atoms with Gasteiger partial charge in [0, 0.05) is 26.4 Å². The molecule has 11 rings (SSSR count). The van der Waals surface area contributed by atoms with Gasteiger partial charge in [0.25, 0.3) is 0 Å². The molecule has 0 unspecified atom stereocenters. The van der Waals surface area contributed by atoms with Crippen LogP contribution in [0, 0.1) is 0 Å². The summed E-state index contributed by atoms with van der Waals surface area (Å²) >= 11 is 0. The summed E-state index contributed by atoms with van der Waals surface area (Å²) in [6.07, 6.45) is 5.11. The number of benzene rings is 6. The Labute approximate surface area is 457 Å². The van der Waals surface area contributed by atoms with Crippen LogP contribution in [0.25, 0.3) is 0 Å². The zero-order chi connectivity index (χ0) is 53.9. The number of hydrogen-bond acceptors (Lipinski definition) is 8. The van der Waals surface area contributed by atoms with Crippen molar-refractivity contribution >= 4 is 40.5 Å². The normalized spacial score (nSPS) is 18.6. The summed E-state index contributed by atoms with van der Waals surface area (Å²) < 4.78 is 26.6. The first-order chi connectivity index (χ1) is 36.3. The quantitative estimate of drug-likeness (QED) is 0.112. The molecule has 76 heavy (non-hydrogen) atoms.